The fourth-order valence-electron chi connectivity index (χ4n) is 3.65. The number of aromatic nitrogens is 2. The molecular formula is C20H30N4. The van der Waals surface area contributed by atoms with Crippen LogP contribution in [-0.2, 0) is 19.5 Å². The first-order chi connectivity index (χ1) is 11.8. The van der Waals surface area contributed by atoms with Crippen LogP contribution in [0.5, 0.6) is 0 Å². The van der Waals surface area contributed by atoms with E-state index < -0.39 is 0 Å². The summed E-state index contributed by atoms with van der Waals surface area (Å²) in [6.07, 6.45) is 7.74. The van der Waals surface area contributed by atoms with Crippen LogP contribution in [-0.4, -0.2) is 52.1 Å². The lowest BCUT2D eigenvalue weighted by molar-refractivity contribution is 0.109. The second kappa shape index (κ2) is 8.45. The quantitative estimate of drug-likeness (QED) is 0.781. The summed E-state index contributed by atoms with van der Waals surface area (Å²) in [5.74, 6) is 1.20. The average Bonchev–Trinajstić information content (AvgIpc) is 3.08. The SMILES string of the molecule is CCn1ccnc1CN1CCC[C@H](N(C)CCc2ccccc2)C1. The molecule has 1 aliphatic heterocycles. The van der Waals surface area contributed by atoms with Gasteiger partial charge in [-0.2, -0.15) is 0 Å². The topological polar surface area (TPSA) is 24.3 Å². The maximum atomic E-state index is 4.53. The Morgan fingerprint density at radius 3 is 2.88 bits per heavy atom. The minimum atomic E-state index is 0.660. The zero-order valence-corrected chi connectivity index (χ0v) is 15.1. The highest BCUT2D eigenvalue weighted by molar-refractivity contribution is 5.14. The number of aryl methyl sites for hydroxylation is 1. The van der Waals surface area contributed by atoms with Gasteiger partial charge in [-0.05, 0) is 45.3 Å². The molecule has 0 aliphatic carbocycles. The molecule has 0 amide bonds. The molecular weight excluding hydrogens is 296 g/mol. The molecule has 4 nitrogen and oxygen atoms in total. The average molecular weight is 326 g/mol. The van der Waals surface area contributed by atoms with Crippen molar-refractivity contribution in [3.8, 4) is 0 Å². The van der Waals surface area contributed by atoms with Crippen molar-refractivity contribution in [1.29, 1.82) is 0 Å². The molecule has 0 spiro atoms. The van der Waals surface area contributed by atoms with Crippen LogP contribution in [0.4, 0.5) is 0 Å². The Kier molecular flexibility index (Phi) is 6.05. The van der Waals surface area contributed by atoms with Crippen LogP contribution in [0.2, 0.25) is 0 Å². The van der Waals surface area contributed by atoms with Crippen molar-refractivity contribution >= 4 is 0 Å². The molecule has 0 radical (unpaired) electrons. The van der Waals surface area contributed by atoms with Crippen molar-refractivity contribution in [3.05, 3.63) is 54.1 Å². The third-order valence-corrected chi connectivity index (χ3v) is 5.21. The molecule has 130 valence electrons. The Hall–Kier alpha value is -1.65. The molecule has 1 fully saturated rings. The van der Waals surface area contributed by atoms with Crippen molar-refractivity contribution in [1.82, 2.24) is 19.4 Å². The molecule has 1 saturated heterocycles. The Bertz CT molecular complexity index is 607. The molecule has 2 heterocycles. The van der Waals surface area contributed by atoms with Crippen LogP contribution in [0.25, 0.3) is 0 Å². The number of likely N-dealkylation sites (N-methyl/N-ethyl adjacent to an activating group) is 1. The molecule has 1 atom stereocenters. The second-order valence-corrected chi connectivity index (χ2v) is 6.88. The van der Waals surface area contributed by atoms with Gasteiger partial charge in [-0.1, -0.05) is 30.3 Å². The van der Waals surface area contributed by atoms with E-state index in [1.807, 2.05) is 6.20 Å². The van der Waals surface area contributed by atoms with E-state index in [1.54, 1.807) is 0 Å². The number of nitrogens with zero attached hydrogens (tertiary/aromatic N) is 4. The van der Waals surface area contributed by atoms with Crippen LogP contribution in [0.3, 0.4) is 0 Å². The van der Waals surface area contributed by atoms with Gasteiger partial charge in [0.1, 0.15) is 5.82 Å². The minimum absolute atomic E-state index is 0.660. The van der Waals surface area contributed by atoms with E-state index in [-0.39, 0.29) is 0 Å². The molecule has 1 aromatic carbocycles. The number of piperidine rings is 1. The van der Waals surface area contributed by atoms with Crippen molar-refractivity contribution in [3.63, 3.8) is 0 Å². The van der Waals surface area contributed by atoms with Gasteiger partial charge in [0.15, 0.2) is 0 Å². The summed E-state index contributed by atoms with van der Waals surface area (Å²) in [5, 5.41) is 0. The van der Waals surface area contributed by atoms with E-state index in [2.05, 4.69) is 69.9 Å². The number of imidazole rings is 1. The van der Waals surface area contributed by atoms with Crippen molar-refractivity contribution in [2.24, 2.45) is 0 Å². The van der Waals surface area contributed by atoms with Gasteiger partial charge in [-0.25, -0.2) is 4.98 Å². The smallest absolute Gasteiger partial charge is 0.122 e. The van der Waals surface area contributed by atoms with E-state index >= 15 is 0 Å². The van der Waals surface area contributed by atoms with E-state index in [1.165, 1.54) is 30.8 Å². The van der Waals surface area contributed by atoms with Crippen LogP contribution in [0, 0.1) is 0 Å². The van der Waals surface area contributed by atoms with Crippen LogP contribution in [0.15, 0.2) is 42.7 Å². The first kappa shape index (κ1) is 17.2. The molecule has 24 heavy (non-hydrogen) atoms. The Balaban J connectivity index is 1.51. The Morgan fingerprint density at radius 1 is 1.25 bits per heavy atom. The summed E-state index contributed by atoms with van der Waals surface area (Å²) in [6, 6.07) is 11.5. The Labute approximate surface area is 146 Å². The standard InChI is InChI=1S/C20H30N4/c1-3-24-15-12-21-20(24)17-23-13-7-10-19(16-23)22(2)14-11-18-8-5-4-6-9-18/h4-6,8-9,12,15,19H,3,7,10-11,13-14,16-17H2,1-2H3/t19-/m0/s1. The summed E-state index contributed by atoms with van der Waals surface area (Å²) in [6.45, 7) is 7.64. The third-order valence-electron chi connectivity index (χ3n) is 5.21. The number of likely N-dealkylation sites (tertiary alicyclic amines) is 1. The van der Waals surface area contributed by atoms with Crippen molar-refractivity contribution in [2.45, 2.75) is 45.3 Å². The number of hydrogen-bond donors (Lipinski definition) is 0. The summed E-state index contributed by atoms with van der Waals surface area (Å²) >= 11 is 0. The lowest BCUT2D eigenvalue weighted by atomic mass is 10.0. The summed E-state index contributed by atoms with van der Waals surface area (Å²) in [4.78, 5) is 9.65. The zero-order chi connectivity index (χ0) is 16.8. The fraction of sp³-hybridized carbons (Fsp3) is 0.550. The predicted molar refractivity (Wildman–Crippen MR) is 99.0 cm³/mol. The third kappa shape index (κ3) is 4.46. The van der Waals surface area contributed by atoms with E-state index in [4.69, 9.17) is 0 Å². The van der Waals surface area contributed by atoms with Crippen LogP contribution >= 0.6 is 0 Å². The van der Waals surface area contributed by atoms with E-state index in [0.717, 1.165) is 32.6 Å². The molecule has 0 unspecified atom stereocenters. The maximum absolute atomic E-state index is 4.53. The number of hydrogen-bond acceptors (Lipinski definition) is 3. The van der Waals surface area contributed by atoms with Gasteiger partial charge in [0, 0.05) is 38.1 Å². The van der Waals surface area contributed by atoms with Gasteiger partial charge >= 0.3 is 0 Å². The van der Waals surface area contributed by atoms with E-state index in [9.17, 15) is 0 Å². The molecule has 0 saturated carbocycles. The minimum Gasteiger partial charge on any atom is -0.334 e. The zero-order valence-electron chi connectivity index (χ0n) is 15.1. The van der Waals surface area contributed by atoms with E-state index in [0.29, 0.717) is 6.04 Å². The first-order valence-corrected chi connectivity index (χ1v) is 9.22. The highest BCUT2D eigenvalue weighted by Crippen LogP contribution is 2.17. The molecule has 2 aromatic rings. The highest BCUT2D eigenvalue weighted by atomic mass is 15.2. The highest BCUT2D eigenvalue weighted by Gasteiger charge is 2.23. The molecule has 4 heteroatoms. The van der Waals surface area contributed by atoms with Gasteiger partial charge in [-0.3, -0.25) is 4.90 Å². The monoisotopic (exact) mass is 326 g/mol. The second-order valence-electron chi connectivity index (χ2n) is 6.88. The summed E-state index contributed by atoms with van der Waals surface area (Å²) < 4.78 is 2.25. The lowest BCUT2D eigenvalue weighted by Gasteiger charge is -2.37. The number of rotatable bonds is 7. The summed E-state index contributed by atoms with van der Waals surface area (Å²) in [5.41, 5.74) is 1.43. The first-order valence-electron chi connectivity index (χ1n) is 9.22. The molecule has 3 rings (SSSR count). The Morgan fingerprint density at radius 2 is 2.08 bits per heavy atom. The van der Waals surface area contributed by atoms with Crippen molar-refractivity contribution < 1.29 is 0 Å². The number of benzene rings is 1. The van der Waals surface area contributed by atoms with Gasteiger partial charge in [-0.15, -0.1) is 0 Å². The van der Waals surface area contributed by atoms with Gasteiger partial charge in [0.05, 0.1) is 6.54 Å². The van der Waals surface area contributed by atoms with Crippen molar-refractivity contribution in [2.75, 3.05) is 26.7 Å². The van der Waals surface area contributed by atoms with Gasteiger partial charge in [0.2, 0.25) is 0 Å². The predicted octanol–water partition coefficient (Wildman–Crippen LogP) is 3.04. The lowest BCUT2D eigenvalue weighted by Crippen LogP contribution is -2.46. The summed E-state index contributed by atoms with van der Waals surface area (Å²) in [7, 11) is 2.28. The maximum Gasteiger partial charge on any atom is 0.122 e. The molecule has 0 N–H and O–H groups in total. The van der Waals surface area contributed by atoms with Gasteiger partial charge < -0.3 is 9.47 Å². The molecule has 1 aromatic heterocycles. The molecule has 0 bridgehead atoms. The van der Waals surface area contributed by atoms with Gasteiger partial charge in [0.25, 0.3) is 0 Å². The molecule has 1 aliphatic rings. The van der Waals surface area contributed by atoms with Crippen LogP contribution in [0.1, 0.15) is 31.2 Å². The largest absolute Gasteiger partial charge is 0.334 e. The fourth-order valence-corrected chi connectivity index (χ4v) is 3.65. The van der Waals surface area contributed by atoms with Crippen LogP contribution < -0.4 is 0 Å². The normalized spacial score (nSPS) is 19.0.